The Bertz CT molecular complexity index is 406. The zero-order valence-corrected chi connectivity index (χ0v) is 9.03. The van der Waals surface area contributed by atoms with Gasteiger partial charge in [0.25, 0.3) is 10.8 Å². The molecular formula is C9H11N3O5. The number of nitro groups is 1. The van der Waals surface area contributed by atoms with Crippen LogP contribution in [0, 0.1) is 20.2 Å². The Hall–Kier alpha value is -2.22. The number of benzene rings is 1. The van der Waals surface area contributed by atoms with Gasteiger partial charge in [-0.3, -0.25) is 10.1 Å². The van der Waals surface area contributed by atoms with Crippen LogP contribution in [0.1, 0.15) is 11.7 Å². The molecule has 8 nitrogen and oxygen atoms in total. The topological polar surface area (TPSA) is 108 Å². The Morgan fingerprint density at radius 3 is 2.29 bits per heavy atom. The third kappa shape index (κ3) is 3.68. The summed E-state index contributed by atoms with van der Waals surface area (Å²) in [6, 6.07) is 5.43. The van der Waals surface area contributed by atoms with Crippen LogP contribution in [0.2, 0.25) is 0 Å². The lowest BCUT2D eigenvalue weighted by molar-refractivity contribution is -0.770. The minimum Gasteiger partial charge on any atom is -0.317 e. The van der Waals surface area contributed by atoms with E-state index in [9.17, 15) is 20.2 Å². The van der Waals surface area contributed by atoms with E-state index >= 15 is 0 Å². The van der Waals surface area contributed by atoms with E-state index in [2.05, 4.69) is 10.2 Å². The van der Waals surface area contributed by atoms with Crippen LogP contribution in [0.4, 0.5) is 5.69 Å². The summed E-state index contributed by atoms with van der Waals surface area (Å²) in [6.07, 6.45) is -0.782. The average Bonchev–Trinajstić information content (AvgIpc) is 2.28. The van der Waals surface area contributed by atoms with Gasteiger partial charge in [0.15, 0.2) is 0 Å². The molecule has 1 rings (SSSR count). The van der Waals surface area contributed by atoms with Crippen molar-refractivity contribution in [2.75, 3.05) is 13.6 Å². The quantitative estimate of drug-likeness (QED) is 0.589. The number of hydrogen-bond acceptors (Lipinski definition) is 6. The Morgan fingerprint density at radius 1 is 1.29 bits per heavy atom. The van der Waals surface area contributed by atoms with E-state index in [1.165, 1.54) is 24.3 Å². The number of likely N-dealkylation sites (N-methyl/N-ethyl adjacent to an activating group) is 1. The van der Waals surface area contributed by atoms with Gasteiger partial charge in [0.2, 0.25) is 0 Å². The summed E-state index contributed by atoms with van der Waals surface area (Å²) < 4.78 is 0. The van der Waals surface area contributed by atoms with E-state index < -0.39 is 16.1 Å². The van der Waals surface area contributed by atoms with Gasteiger partial charge in [-0.1, -0.05) is 0 Å². The molecule has 0 aliphatic rings. The second kappa shape index (κ2) is 5.75. The molecule has 0 aromatic heterocycles. The zero-order chi connectivity index (χ0) is 12.8. The second-order valence-corrected chi connectivity index (χ2v) is 3.22. The first-order chi connectivity index (χ1) is 8.04. The predicted molar refractivity (Wildman–Crippen MR) is 57.8 cm³/mol. The van der Waals surface area contributed by atoms with Gasteiger partial charge < -0.3 is 10.2 Å². The molecule has 1 atom stereocenters. The lowest BCUT2D eigenvalue weighted by Gasteiger charge is -2.14. The zero-order valence-electron chi connectivity index (χ0n) is 9.03. The molecule has 17 heavy (non-hydrogen) atoms. The summed E-state index contributed by atoms with van der Waals surface area (Å²) in [5.41, 5.74) is 0.430. The average molecular weight is 241 g/mol. The van der Waals surface area contributed by atoms with Crippen LogP contribution in [0.5, 0.6) is 0 Å². The number of nitrogens with zero attached hydrogens (tertiary/aromatic N) is 2. The van der Waals surface area contributed by atoms with Gasteiger partial charge in [0, 0.05) is 18.7 Å². The van der Waals surface area contributed by atoms with Gasteiger partial charge in [-0.25, -0.2) is 0 Å². The van der Waals surface area contributed by atoms with Crippen molar-refractivity contribution in [1.29, 1.82) is 0 Å². The Labute approximate surface area is 96.4 Å². The van der Waals surface area contributed by atoms with Crippen molar-refractivity contribution < 1.29 is 14.8 Å². The summed E-state index contributed by atoms with van der Waals surface area (Å²) in [4.78, 5) is 24.7. The third-order valence-electron chi connectivity index (χ3n) is 2.08. The van der Waals surface area contributed by atoms with Gasteiger partial charge in [0.1, 0.15) is 6.10 Å². The molecular weight excluding hydrogens is 230 g/mol. The van der Waals surface area contributed by atoms with Crippen LogP contribution in [0.3, 0.4) is 0 Å². The molecule has 0 heterocycles. The highest BCUT2D eigenvalue weighted by Gasteiger charge is 2.16. The van der Waals surface area contributed by atoms with Gasteiger partial charge in [-0.15, -0.1) is 10.1 Å². The van der Waals surface area contributed by atoms with Crippen molar-refractivity contribution in [3.8, 4) is 0 Å². The van der Waals surface area contributed by atoms with Gasteiger partial charge in [-0.2, -0.15) is 0 Å². The number of non-ortho nitro benzene ring substituents is 1. The van der Waals surface area contributed by atoms with E-state index in [-0.39, 0.29) is 12.2 Å². The van der Waals surface area contributed by atoms with Gasteiger partial charge in [0.05, 0.1) is 4.92 Å². The van der Waals surface area contributed by atoms with Gasteiger partial charge >= 0.3 is 0 Å². The maximum absolute atomic E-state index is 10.4. The van der Waals surface area contributed by atoms with Crippen LogP contribution in [-0.4, -0.2) is 23.6 Å². The minimum atomic E-state index is -0.885. The molecule has 1 aromatic rings. The standard InChI is InChI=1S/C9H11N3O5/c1-10-6-9(17-12(15)16)7-2-4-8(5-3-7)11(13)14/h2-5,9-10H,6H2,1H3. The minimum absolute atomic E-state index is 0.0712. The first kappa shape index (κ1) is 12.8. The summed E-state index contributed by atoms with van der Waals surface area (Å²) in [6.45, 7) is 0.235. The molecule has 0 bridgehead atoms. The van der Waals surface area contributed by atoms with E-state index in [1.807, 2.05) is 0 Å². The summed E-state index contributed by atoms with van der Waals surface area (Å²) >= 11 is 0. The highest BCUT2D eigenvalue weighted by Crippen LogP contribution is 2.20. The number of nitrogens with one attached hydrogen (secondary N) is 1. The fourth-order valence-corrected chi connectivity index (χ4v) is 1.32. The summed E-state index contributed by atoms with van der Waals surface area (Å²) in [5.74, 6) is 0. The third-order valence-corrected chi connectivity index (χ3v) is 2.08. The molecule has 92 valence electrons. The Kier molecular flexibility index (Phi) is 4.35. The lowest BCUT2D eigenvalue weighted by atomic mass is 10.1. The predicted octanol–water partition coefficient (Wildman–Crippen LogP) is 1.06. The molecule has 1 N–H and O–H groups in total. The van der Waals surface area contributed by atoms with Crippen LogP contribution < -0.4 is 5.32 Å². The molecule has 0 aliphatic heterocycles. The van der Waals surface area contributed by atoms with Crippen molar-refractivity contribution in [3.05, 3.63) is 50.1 Å². The van der Waals surface area contributed by atoms with E-state index in [0.717, 1.165) is 0 Å². The highest BCUT2D eigenvalue weighted by atomic mass is 17.0. The van der Waals surface area contributed by atoms with Crippen LogP contribution in [0.15, 0.2) is 24.3 Å². The highest BCUT2D eigenvalue weighted by molar-refractivity contribution is 5.33. The number of nitro benzene ring substituents is 1. The maximum atomic E-state index is 10.4. The van der Waals surface area contributed by atoms with Crippen LogP contribution >= 0.6 is 0 Å². The molecule has 1 aromatic carbocycles. The first-order valence-corrected chi connectivity index (χ1v) is 4.74. The SMILES string of the molecule is CNCC(O[N+](=O)[O-])c1ccc([N+](=O)[O-])cc1. The fourth-order valence-electron chi connectivity index (χ4n) is 1.32. The molecule has 0 fully saturated rings. The van der Waals surface area contributed by atoms with E-state index in [0.29, 0.717) is 5.56 Å². The molecule has 0 saturated carbocycles. The number of hydrogen-bond donors (Lipinski definition) is 1. The molecule has 0 amide bonds. The lowest BCUT2D eigenvalue weighted by Crippen LogP contribution is -2.21. The normalized spacial score (nSPS) is 11.8. The van der Waals surface area contributed by atoms with Crippen LogP contribution in [-0.2, 0) is 4.84 Å². The van der Waals surface area contributed by atoms with Gasteiger partial charge in [-0.05, 0) is 24.7 Å². The molecule has 0 spiro atoms. The number of rotatable bonds is 6. The largest absolute Gasteiger partial charge is 0.317 e. The summed E-state index contributed by atoms with van der Waals surface area (Å²) in [7, 11) is 1.63. The van der Waals surface area contributed by atoms with Crippen molar-refractivity contribution in [1.82, 2.24) is 5.32 Å². The Morgan fingerprint density at radius 2 is 1.88 bits per heavy atom. The van der Waals surface area contributed by atoms with Crippen molar-refractivity contribution in [3.63, 3.8) is 0 Å². The fraction of sp³-hybridized carbons (Fsp3) is 0.333. The molecule has 1 unspecified atom stereocenters. The molecule has 8 heteroatoms. The monoisotopic (exact) mass is 241 g/mol. The Balaban J connectivity index is 2.86. The van der Waals surface area contributed by atoms with Crippen LogP contribution in [0.25, 0.3) is 0 Å². The maximum Gasteiger partial charge on any atom is 0.295 e. The van der Waals surface area contributed by atoms with Crippen molar-refractivity contribution in [2.45, 2.75) is 6.10 Å². The molecule has 0 radical (unpaired) electrons. The molecule has 0 saturated heterocycles. The van der Waals surface area contributed by atoms with E-state index in [4.69, 9.17) is 0 Å². The smallest absolute Gasteiger partial charge is 0.295 e. The van der Waals surface area contributed by atoms with Crippen molar-refractivity contribution in [2.24, 2.45) is 0 Å². The first-order valence-electron chi connectivity index (χ1n) is 4.74. The second-order valence-electron chi connectivity index (χ2n) is 3.22. The molecule has 0 aliphatic carbocycles. The van der Waals surface area contributed by atoms with Crippen molar-refractivity contribution >= 4 is 5.69 Å². The summed E-state index contributed by atoms with van der Waals surface area (Å²) in [5, 5.41) is 22.6. The van der Waals surface area contributed by atoms with E-state index in [1.54, 1.807) is 7.05 Å².